The molecule has 1 saturated heterocycles. The molecule has 1 aromatic heterocycles. The van der Waals surface area contributed by atoms with Gasteiger partial charge in [0.05, 0.1) is 0 Å². The van der Waals surface area contributed by atoms with Crippen molar-refractivity contribution in [3.63, 3.8) is 0 Å². The molecule has 0 aliphatic carbocycles. The number of halogens is 2. The van der Waals surface area contributed by atoms with Crippen LogP contribution in [0.2, 0.25) is 5.02 Å². The van der Waals surface area contributed by atoms with E-state index in [2.05, 4.69) is 15.9 Å². The van der Waals surface area contributed by atoms with E-state index in [1.807, 2.05) is 19.1 Å². The highest BCUT2D eigenvalue weighted by Gasteiger charge is 2.28. The molecule has 0 saturated carbocycles. The van der Waals surface area contributed by atoms with Crippen LogP contribution in [0, 0.1) is 6.92 Å². The second-order valence-electron chi connectivity index (χ2n) is 5.67. The second kappa shape index (κ2) is 6.99. The molecular weight excluding hydrogens is 396 g/mol. The lowest BCUT2D eigenvalue weighted by Crippen LogP contribution is -2.42. The summed E-state index contributed by atoms with van der Waals surface area (Å²) in [6, 6.07) is 8.66. The zero-order valence-electron chi connectivity index (χ0n) is 13.1. The molecule has 2 aromatic rings. The third-order valence-corrected chi connectivity index (χ3v) is 4.81. The predicted octanol–water partition coefficient (Wildman–Crippen LogP) is 4.23. The van der Waals surface area contributed by atoms with Crippen LogP contribution in [-0.2, 0) is 4.79 Å². The normalized spacial score (nSPS) is 14.3. The number of benzene rings is 1. The van der Waals surface area contributed by atoms with E-state index in [4.69, 9.17) is 16.0 Å². The van der Waals surface area contributed by atoms with Gasteiger partial charge in [0.1, 0.15) is 6.67 Å². The minimum atomic E-state index is -0.319. The fourth-order valence-corrected chi connectivity index (χ4v) is 3.08. The molecule has 0 bridgehead atoms. The maximum absolute atomic E-state index is 12.9. The first-order chi connectivity index (χ1) is 11.5. The van der Waals surface area contributed by atoms with Crippen LogP contribution in [0.3, 0.4) is 0 Å². The van der Waals surface area contributed by atoms with Crippen molar-refractivity contribution in [2.45, 2.75) is 19.8 Å². The molecule has 0 N–H and O–H groups in total. The Morgan fingerprint density at radius 2 is 2.17 bits per heavy atom. The average Bonchev–Trinajstić information content (AvgIpc) is 3.16. The number of aryl methyl sites for hydroxylation is 1. The van der Waals surface area contributed by atoms with E-state index >= 15 is 0 Å². The zero-order valence-corrected chi connectivity index (χ0v) is 15.4. The number of rotatable bonds is 4. The number of anilines is 1. The molecule has 24 heavy (non-hydrogen) atoms. The topological polar surface area (TPSA) is 53.8 Å². The maximum Gasteiger partial charge on any atom is 0.295 e. The molecule has 0 unspecified atom stereocenters. The lowest BCUT2D eigenvalue weighted by Gasteiger charge is -2.27. The summed E-state index contributed by atoms with van der Waals surface area (Å²) in [4.78, 5) is 28.0. The molecule has 7 heteroatoms. The summed E-state index contributed by atoms with van der Waals surface area (Å²) in [5.41, 5.74) is 1.55. The van der Waals surface area contributed by atoms with Crippen molar-refractivity contribution in [3.05, 3.63) is 51.3 Å². The van der Waals surface area contributed by atoms with E-state index in [0.29, 0.717) is 28.3 Å². The summed E-state index contributed by atoms with van der Waals surface area (Å²) in [5.74, 6) is -0.0721. The average molecular weight is 412 g/mol. The highest BCUT2D eigenvalue weighted by atomic mass is 79.9. The van der Waals surface area contributed by atoms with Crippen molar-refractivity contribution in [3.8, 4) is 0 Å². The Morgan fingerprint density at radius 3 is 2.75 bits per heavy atom. The highest BCUT2D eigenvalue weighted by Crippen LogP contribution is 2.26. The van der Waals surface area contributed by atoms with Gasteiger partial charge in [0.25, 0.3) is 5.91 Å². The Kier molecular flexibility index (Phi) is 4.96. The molecule has 1 aliphatic heterocycles. The molecule has 1 fully saturated rings. The number of likely N-dealkylation sites (tertiary alicyclic amines) is 1. The second-order valence-corrected chi connectivity index (χ2v) is 6.86. The van der Waals surface area contributed by atoms with Gasteiger partial charge in [-0.15, -0.1) is 0 Å². The summed E-state index contributed by atoms with van der Waals surface area (Å²) in [7, 11) is 0. The maximum atomic E-state index is 12.9. The van der Waals surface area contributed by atoms with Crippen molar-refractivity contribution < 1.29 is 14.0 Å². The highest BCUT2D eigenvalue weighted by molar-refractivity contribution is 9.10. The molecule has 2 amide bonds. The fraction of sp³-hybridized carbons (Fsp3) is 0.294. The van der Waals surface area contributed by atoms with Gasteiger partial charge in [-0.1, -0.05) is 17.7 Å². The van der Waals surface area contributed by atoms with E-state index in [0.717, 1.165) is 12.0 Å². The van der Waals surface area contributed by atoms with E-state index in [1.54, 1.807) is 23.1 Å². The van der Waals surface area contributed by atoms with Gasteiger partial charge in [0, 0.05) is 23.7 Å². The van der Waals surface area contributed by atoms with Gasteiger partial charge in [0.15, 0.2) is 10.4 Å². The third kappa shape index (κ3) is 3.49. The van der Waals surface area contributed by atoms with E-state index in [-0.39, 0.29) is 24.2 Å². The summed E-state index contributed by atoms with van der Waals surface area (Å²) in [6.45, 7) is 2.71. The van der Waals surface area contributed by atoms with Gasteiger partial charge < -0.3 is 9.32 Å². The van der Waals surface area contributed by atoms with Crippen LogP contribution >= 0.6 is 27.5 Å². The van der Waals surface area contributed by atoms with Gasteiger partial charge in [-0.2, -0.15) is 0 Å². The first-order valence-electron chi connectivity index (χ1n) is 7.57. The summed E-state index contributed by atoms with van der Waals surface area (Å²) < 4.78 is 5.86. The van der Waals surface area contributed by atoms with Crippen molar-refractivity contribution >= 4 is 45.0 Å². The van der Waals surface area contributed by atoms with Crippen LogP contribution in [-0.4, -0.2) is 29.9 Å². The molecule has 0 spiro atoms. The molecule has 1 aliphatic rings. The third-order valence-electron chi connectivity index (χ3n) is 3.98. The van der Waals surface area contributed by atoms with E-state index < -0.39 is 0 Å². The first kappa shape index (κ1) is 17.0. The molecule has 0 atom stereocenters. The molecular formula is C17H16BrClN2O3. The van der Waals surface area contributed by atoms with Crippen LogP contribution in [0.15, 0.2) is 39.4 Å². The van der Waals surface area contributed by atoms with E-state index in [9.17, 15) is 9.59 Å². The molecule has 2 heterocycles. The quantitative estimate of drug-likeness (QED) is 0.756. The number of hydrogen-bond acceptors (Lipinski definition) is 3. The van der Waals surface area contributed by atoms with Crippen molar-refractivity contribution in [1.29, 1.82) is 0 Å². The van der Waals surface area contributed by atoms with Crippen molar-refractivity contribution in [1.82, 2.24) is 4.90 Å². The van der Waals surface area contributed by atoms with Crippen LogP contribution in [0.4, 0.5) is 5.69 Å². The van der Waals surface area contributed by atoms with Crippen molar-refractivity contribution in [2.24, 2.45) is 0 Å². The molecule has 0 radical (unpaired) electrons. The molecule has 1 aromatic carbocycles. The van der Waals surface area contributed by atoms with Crippen LogP contribution < -0.4 is 4.90 Å². The molecule has 5 nitrogen and oxygen atoms in total. The Balaban J connectivity index is 1.94. The van der Waals surface area contributed by atoms with Crippen LogP contribution in [0.25, 0.3) is 0 Å². The Bertz CT molecular complexity index is 790. The Hall–Kier alpha value is -1.79. The minimum absolute atomic E-state index is 0.0478. The van der Waals surface area contributed by atoms with Gasteiger partial charge in [-0.05, 0) is 59.1 Å². The predicted molar refractivity (Wildman–Crippen MR) is 95.2 cm³/mol. The molecule has 126 valence electrons. The van der Waals surface area contributed by atoms with Gasteiger partial charge in [-0.3, -0.25) is 14.5 Å². The summed E-state index contributed by atoms with van der Waals surface area (Å²) in [5, 5.41) is 0.568. The largest absolute Gasteiger partial charge is 0.444 e. The van der Waals surface area contributed by atoms with Gasteiger partial charge in [0.2, 0.25) is 5.91 Å². The first-order valence-corrected chi connectivity index (χ1v) is 8.74. The van der Waals surface area contributed by atoms with Gasteiger partial charge >= 0.3 is 0 Å². The molecule has 3 rings (SSSR count). The minimum Gasteiger partial charge on any atom is -0.444 e. The number of carbonyl (C=O) groups excluding carboxylic acids is 2. The fourth-order valence-electron chi connectivity index (χ4n) is 2.60. The lowest BCUT2D eigenvalue weighted by atomic mass is 10.2. The standard InChI is InChI=1S/C17H16BrClN2O3/c1-11-4-5-12(9-13(11)19)21(10-20-8-2-3-16(20)22)17(23)14-6-7-15(18)24-14/h4-7,9H,2-3,8,10H2,1H3. The number of furan rings is 1. The monoisotopic (exact) mass is 410 g/mol. The Morgan fingerprint density at radius 1 is 1.38 bits per heavy atom. The number of hydrogen-bond donors (Lipinski definition) is 0. The van der Waals surface area contributed by atoms with E-state index in [1.165, 1.54) is 4.90 Å². The van der Waals surface area contributed by atoms with Crippen LogP contribution in [0.5, 0.6) is 0 Å². The zero-order chi connectivity index (χ0) is 17.3. The summed E-state index contributed by atoms with van der Waals surface area (Å²) >= 11 is 9.41. The number of nitrogens with zero attached hydrogens (tertiary/aromatic N) is 2. The SMILES string of the molecule is Cc1ccc(N(CN2CCCC2=O)C(=O)c2ccc(Br)o2)cc1Cl. The summed E-state index contributed by atoms with van der Waals surface area (Å²) in [6.07, 6.45) is 1.32. The number of carbonyl (C=O) groups is 2. The Labute approximate surface area is 153 Å². The lowest BCUT2D eigenvalue weighted by molar-refractivity contribution is -0.127. The smallest absolute Gasteiger partial charge is 0.295 e. The van der Waals surface area contributed by atoms with Crippen molar-refractivity contribution in [2.75, 3.05) is 18.1 Å². The van der Waals surface area contributed by atoms with Crippen LogP contribution in [0.1, 0.15) is 29.0 Å². The number of amides is 2. The van der Waals surface area contributed by atoms with Gasteiger partial charge in [-0.25, -0.2) is 0 Å².